The van der Waals surface area contributed by atoms with E-state index in [9.17, 15) is 33.9 Å². The second kappa shape index (κ2) is 21.9. The van der Waals surface area contributed by atoms with E-state index in [0.29, 0.717) is 25.8 Å². The van der Waals surface area contributed by atoms with Gasteiger partial charge in [-0.2, -0.15) is 0 Å². The van der Waals surface area contributed by atoms with Gasteiger partial charge in [0.25, 0.3) is 0 Å². The van der Waals surface area contributed by atoms with Gasteiger partial charge < -0.3 is 39.8 Å². The monoisotopic (exact) mass is 789 g/mol. The van der Waals surface area contributed by atoms with Crippen LogP contribution in [0.2, 0.25) is 0 Å². The summed E-state index contributed by atoms with van der Waals surface area (Å²) >= 11 is 0. The number of amides is 5. The van der Waals surface area contributed by atoms with Gasteiger partial charge in [-0.15, -0.1) is 0 Å². The molecule has 1 aliphatic rings. The van der Waals surface area contributed by atoms with Gasteiger partial charge in [0.15, 0.2) is 0 Å². The van der Waals surface area contributed by atoms with Gasteiger partial charge >= 0.3 is 12.1 Å². The highest BCUT2D eigenvalue weighted by molar-refractivity contribution is 5.93. The van der Waals surface area contributed by atoms with Crippen LogP contribution in [-0.4, -0.2) is 139 Å². The van der Waals surface area contributed by atoms with E-state index >= 15 is 0 Å². The summed E-state index contributed by atoms with van der Waals surface area (Å²) in [5.74, 6) is -3.99. The Labute approximate surface area is 333 Å². The molecule has 0 spiro atoms. The zero-order valence-electron chi connectivity index (χ0n) is 35.5. The largest absolute Gasteiger partial charge is 0.480 e. The smallest absolute Gasteiger partial charge is 0.410 e. The van der Waals surface area contributed by atoms with Crippen LogP contribution in [0.15, 0.2) is 30.3 Å². The van der Waals surface area contributed by atoms with E-state index in [1.807, 2.05) is 33.8 Å². The van der Waals surface area contributed by atoms with Gasteiger partial charge in [-0.05, 0) is 51.0 Å². The first-order valence-corrected chi connectivity index (χ1v) is 19.7. The van der Waals surface area contributed by atoms with Crippen LogP contribution in [0.1, 0.15) is 86.6 Å². The van der Waals surface area contributed by atoms with Gasteiger partial charge in [0.1, 0.15) is 17.6 Å². The number of carboxylic acid groups (broad SMARTS) is 1. The van der Waals surface area contributed by atoms with Crippen molar-refractivity contribution in [3.05, 3.63) is 35.9 Å². The Morgan fingerprint density at radius 1 is 0.964 bits per heavy atom. The molecule has 5 amide bonds. The number of ether oxygens (including phenoxy) is 3. The van der Waals surface area contributed by atoms with Crippen LogP contribution in [-0.2, 0) is 44.6 Å². The molecule has 0 aromatic heterocycles. The van der Waals surface area contributed by atoms with E-state index < -0.39 is 71.7 Å². The molecule has 1 saturated heterocycles. The molecule has 3 N–H and O–H groups in total. The summed E-state index contributed by atoms with van der Waals surface area (Å²) < 4.78 is 16.9. The molecule has 0 saturated carbocycles. The average Bonchev–Trinajstić information content (AvgIpc) is 3.65. The fourth-order valence-corrected chi connectivity index (χ4v) is 7.31. The van der Waals surface area contributed by atoms with Crippen molar-refractivity contribution in [1.82, 2.24) is 25.3 Å². The minimum absolute atomic E-state index is 0.0646. The number of carboxylic acids is 1. The van der Waals surface area contributed by atoms with Crippen molar-refractivity contribution in [2.24, 2.45) is 17.8 Å². The lowest BCUT2D eigenvalue weighted by molar-refractivity contribution is -0.148. The van der Waals surface area contributed by atoms with Crippen LogP contribution < -0.4 is 10.6 Å². The first-order chi connectivity index (χ1) is 26.3. The molecule has 15 heteroatoms. The number of aliphatic carboxylic acids is 1. The summed E-state index contributed by atoms with van der Waals surface area (Å²) in [6.45, 7) is 14.7. The van der Waals surface area contributed by atoms with Crippen molar-refractivity contribution in [1.29, 1.82) is 0 Å². The molecule has 316 valence electrons. The minimum atomic E-state index is -1.33. The van der Waals surface area contributed by atoms with Crippen molar-refractivity contribution < 1.29 is 48.1 Å². The third-order valence-corrected chi connectivity index (χ3v) is 11.3. The highest BCUT2D eigenvalue weighted by atomic mass is 16.6. The number of nitrogens with one attached hydrogen (secondary N) is 2. The molecule has 1 aromatic carbocycles. The van der Waals surface area contributed by atoms with Crippen LogP contribution in [0.5, 0.6) is 0 Å². The van der Waals surface area contributed by atoms with Crippen molar-refractivity contribution in [3.63, 3.8) is 0 Å². The number of likely N-dealkylation sites (N-methyl/N-ethyl adjacent to an activating group) is 2. The number of rotatable bonds is 21. The van der Waals surface area contributed by atoms with Crippen LogP contribution in [0.3, 0.4) is 0 Å². The molecule has 1 aliphatic heterocycles. The van der Waals surface area contributed by atoms with Gasteiger partial charge in [0, 0.05) is 41.3 Å². The zero-order valence-corrected chi connectivity index (χ0v) is 35.5. The number of hydrogen-bond acceptors (Lipinski definition) is 9. The first-order valence-electron chi connectivity index (χ1n) is 19.7. The number of carbonyl (C=O) groups is 6. The van der Waals surface area contributed by atoms with E-state index in [2.05, 4.69) is 10.6 Å². The molecule has 1 heterocycles. The lowest BCUT2D eigenvalue weighted by Crippen LogP contribution is -2.62. The second-order valence-electron chi connectivity index (χ2n) is 15.7. The van der Waals surface area contributed by atoms with Crippen molar-refractivity contribution in [2.45, 2.75) is 129 Å². The lowest BCUT2D eigenvalue weighted by Gasteiger charge is -2.41. The molecular formula is C41H67N5O10. The number of nitrogens with zero attached hydrogens (tertiary/aromatic N) is 3. The third-order valence-electron chi connectivity index (χ3n) is 11.3. The van der Waals surface area contributed by atoms with Gasteiger partial charge in [-0.1, -0.05) is 71.4 Å². The highest BCUT2D eigenvalue weighted by Crippen LogP contribution is 2.30. The SMILES string of the molecule is CCOC(=O)N(C)C(C)(C)C(=O)N[C@H](C(=O)N(C)[C@@H]([C@@H](C)CC)[C@@H](CC(=O)N1CCC[C@H]1[C@H](OC)[C@@H](C)C(=O)N[C@@H](Cc1ccccc1)C(=O)O)OC)C(C)C. The molecule has 0 unspecified atom stereocenters. The maximum Gasteiger partial charge on any atom is 0.410 e. The molecule has 0 radical (unpaired) electrons. The van der Waals surface area contributed by atoms with E-state index in [4.69, 9.17) is 14.2 Å². The highest BCUT2D eigenvalue weighted by Gasteiger charge is 2.44. The number of benzene rings is 1. The molecule has 1 fully saturated rings. The van der Waals surface area contributed by atoms with Crippen LogP contribution >= 0.6 is 0 Å². The summed E-state index contributed by atoms with van der Waals surface area (Å²) in [6.07, 6.45) is -0.132. The van der Waals surface area contributed by atoms with Crippen molar-refractivity contribution in [2.75, 3.05) is 41.5 Å². The number of carbonyl (C=O) groups excluding carboxylic acids is 5. The minimum Gasteiger partial charge on any atom is -0.480 e. The van der Waals surface area contributed by atoms with Crippen molar-refractivity contribution in [3.8, 4) is 0 Å². The van der Waals surface area contributed by atoms with Crippen LogP contribution in [0, 0.1) is 17.8 Å². The van der Waals surface area contributed by atoms with E-state index in [1.54, 1.807) is 68.8 Å². The van der Waals surface area contributed by atoms with E-state index in [1.165, 1.54) is 26.2 Å². The fraction of sp³-hybridized carbons (Fsp3) is 0.707. The molecule has 1 aromatic rings. The summed E-state index contributed by atoms with van der Waals surface area (Å²) in [5.41, 5.74) is -0.563. The maximum atomic E-state index is 14.3. The first kappa shape index (κ1) is 47.9. The predicted octanol–water partition coefficient (Wildman–Crippen LogP) is 3.73. The number of hydrogen-bond donors (Lipinski definition) is 3. The quantitative estimate of drug-likeness (QED) is 0.166. The fourth-order valence-electron chi connectivity index (χ4n) is 7.31. The normalized spacial score (nSPS) is 18.2. The summed E-state index contributed by atoms with van der Waals surface area (Å²) in [5, 5.41) is 15.4. The second-order valence-corrected chi connectivity index (χ2v) is 15.7. The molecule has 2 rings (SSSR count). The Balaban J connectivity index is 2.28. The topological polar surface area (TPSA) is 184 Å². The molecular weight excluding hydrogens is 722 g/mol. The Morgan fingerprint density at radius 2 is 1.59 bits per heavy atom. The van der Waals surface area contributed by atoms with Gasteiger partial charge in [-0.3, -0.25) is 24.1 Å². The summed E-state index contributed by atoms with van der Waals surface area (Å²) in [6, 6.07) is 5.93. The standard InChI is InChI=1S/C41H67N5O10/c1-13-26(5)34(44(9)37(49)33(25(3)4)43-39(52)41(7,8)45(10)40(53)56-14-2)31(54-11)24-32(47)46-22-18-21-30(46)35(55-12)27(6)36(48)42-29(38(50)51)23-28-19-16-15-17-20-28/h15-17,19-20,25-27,29-31,33-35H,13-14,18,21-24H2,1-12H3,(H,42,48)(H,43,52)(H,50,51)/t26-,27+,29-,30-,31+,33-,34-,35+/m0/s1. The third kappa shape index (κ3) is 12.1. The van der Waals surface area contributed by atoms with Gasteiger partial charge in [0.05, 0.1) is 43.2 Å². The van der Waals surface area contributed by atoms with Crippen LogP contribution in [0.4, 0.5) is 4.79 Å². The summed E-state index contributed by atoms with van der Waals surface area (Å²) in [4.78, 5) is 84.6. The molecule has 0 bridgehead atoms. The zero-order chi connectivity index (χ0) is 42.5. The summed E-state index contributed by atoms with van der Waals surface area (Å²) in [7, 11) is 6.09. The number of likely N-dealkylation sites (tertiary alicyclic amines) is 1. The Hall–Kier alpha value is -4.24. The van der Waals surface area contributed by atoms with E-state index in [-0.39, 0.29) is 43.1 Å². The molecule has 15 nitrogen and oxygen atoms in total. The Morgan fingerprint density at radius 3 is 2.11 bits per heavy atom. The molecule has 0 aliphatic carbocycles. The predicted molar refractivity (Wildman–Crippen MR) is 211 cm³/mol. The van der Waals surface area contributed by atoms with Crippen molar-refractivity contribution >= 4 is 35.7 Å². The van der Waals surface area contributed by atoms with Gasteiger partial charge in [-0.25, -0.2) is 9.59 Å². The lowest BCUT2D eigenvalue weighted by atomic mass is 9.89. The average molecular weight is 790 g/mol. The Kier molecular flexibility index (Phi) is 18.7. The van der Waals surface area contributed by atoms with E-state index in [0.717, 1.165) is 5.56 Å². The Bertz CT molecular complexity index is 1470. The molecule has 8 atom stereocenters. The van der Waals surface area contributed by atoms with Gasteiger partial charge in [0.2, 0.25) is 23.6 Å². The molecule has 56 heavy (non-hydrogen) atoms. The number of methoxy groups -OCH3 is 2. The maximum absolute atomic E-state index is 14.3. The van der Waals surface area contributed by atoms with Crippen LogP contribution in [0.25, 0.3) is 0 Å².